The fourth-order valence-corrected chi connectivity index (χ4v) is 3.47. The number of carbonyl (C=O) groups excluding carboxylic acids is 2. The van der Waals surface area contributed by atoms with E-state index in [-0.39, 0.29) is 23.5 Å². The van der Waals surface area contributed by atoms with E-state index >= 15 is 0 Å². The molecule has 3 rings (SSSR count). The van der Waals surface area contributed by atoms with Crippen LogP contribution >= 0.6 is 15.9 Å². The zero-order valence-electron chi connectivity index (χ0n) is 16.1. The smallest absolute Gasteiger partial charge is 0.298 e. The second-order valence-electron chi connectivity index (χ2n) is 6.75. The van der Waals surface area contributed by atoms with E-state index in [0.717, 1.165) is 28.7 Å². The Hall–Kier alpha value is -2.48. The zero-order chi connectivity index (χ0) is 20.8. The highest BCUT2D eigenvalue weighted by atomic mass is 79.9. The third-order valence-corrected chi connectivity index (χ3v) is 5.33. The SMILES string of the molecule is Cc1cc(OC=O)c(C(=O)/C=C/c2ccc(Br)cc2)c(O)c1CN1CCOCC1. The molecule has 1 aliphatic rings. The van der Waals surface area contributed by atoms with E-state index in [4.69, 9.17) is 9.47 Å². The number of rotatable bonds is 7. The number of carbonyl (C=O) groups is 2. The first-order valence-corrected chi connectivity index (χ1v) is 10.0. The molecule has 1 saturated heterocycles. The summed E-state index contributed by atoms with van der Waals surface area (Å²) in [6.45, 7) is 5.32. The predicted molar refractivity (Wildman–Crippen MR) is 113 cm³/mol. The van der Waals surface area contributed by atoms with Gasteiger partial charge in [0.05, 0.1) is 13.2 Å². The molecule has 0 saturated carbocycles. The summed E-state index contributed by atoms with van der Waals surface area (Å²) in [6, 6.07) is 9.07. The average molecular weight is 460 g/mol. The maximum absolute atomic E-state index is 12.9. The number of ketones is 1. The third kappa shape index (κ3) is 5.32. The Morgan fingerprint density at radius 3 is 2.62 bits per heavy atom. The van der Waals surface area contributed by atoms with Gasteiger partial charge in [-0.1, -0.05) is 34.1 Å². The van der Waals surface area contributed by atoms with Crippen LogP contribution in [0.3, 0.4) is 0 Å². The van der Waals surface area contributed by atoms with Crippen LogP contribution in [0, 0.1) is 6.92 Å². The Morgan fingerprint density at radius 2 is 1.97 bits per heavy atom. The van der Waals surface area contributed by atoms with E-state index in [1.54, 1.807) is 12.1 Å². The number of aryl methyl sites for hydroxylation is 1. The van der Waals surface area contributed by atoms with E-state index in [2.05, 4.69) is 20.8 Å². The van der Waals surface area contributed by atoms with E-state index < -0.39 is 5.78 Å². The lowest BCUT2D eigenvalue weighted by Gasteiger charge is -2.28. The number of phenolic OH excluding ortho intramolecular Hbond substituents is 1. The van der Waals surface area contributed by atoms with Crippen molar-refractivity contribution in [2.24, 2.45) is 0 Å². The number of aromatic hydroxyl groups is 1. The summed E-state index contributed by atoms with van der Waals surface area (Å²) in [5.41, 5.74) is 2.21. The zero-order valence-corrected chi connectivity index (χ0v) is 17.6. The molecule has 0 aromatic heterocycles. The van der Waals surface area contributed by atoms with E-state index in [9.17, 15) is 14.7 Å². The highest BCUT2D eigenvalue weighted by Crippen LogP contribution is 2.36. The molecule has 0 bridgehead atoms. The van der Waals surface area contributed by atoms with Crippen LogP contribution in [0.1, 0.15) is 27.0 Å². The normalized spacial score (nSPS) is 14.8. The molecule has 29 heavy (non-hydrogen) atoms. The molecule has 0 unspecified atom stereocenters. The Bertz CT molecular complexity index is 918. The van der Waals surface area contributed by atoms with Crippen LogP contribution in [0.25, 0.3) is 6.08 Å². The van der Waals surface area contributed by atoms with Crippen LogP contribution < -0.4 is 4.74 Å². The minimum absolute atomic E-state index is 0.0145. The Kier molecular flexibility index (Phi) is 7.19. The fourth-order valence-electron chi connectivity index (χ4n) is 3.20. The van der Waals surface area contributed by atoms with Crippen molar-refractivity contribution in [3.8, 4) is 11.5 Å². The van der Waals surface area contributed by atoms with Gasteiger partial charge >= 0.3 is 0 Å². The van der Waals surface area contributed by atoms with Crippen LogP contribution in [0.4, 0.5) is 0 Å². The van der Waals surface area contributed by atoms with Crippen molar-refractivity contribution in [2.75, 3.05) is 26.3 Å². The molecule has 0 radical (unpaired) electrons. The maximum atomic E-state index is 12.9. The molecular formula is C22H22BrNO5. The van der Waals surface area contributed by atoms with Gasteiger partial charge in [0.25, 0.3) is 6.47 Å². The Balaban J connectivity index is 1.93. The second-order valence-corrected chi connectivity index (χ2v) is 7.66. The van der Waals surface area contributed by atoms with E-state index in [1.807, 2.05) is 31.2 Å². The van der Waals surface area contributed by atoms with Gasteiger partial charge in [0.15, 0.2) is 5.78 Å². The topological polar surface area (TPSA) is 76.1 Å². The van der Waals surface area contributed by atoms with Crippen molar-refractivity contribution in [3.05, 3.63) is 63.1 Å². The lowest BCUT2D eigenvalue weighted by Crippen LogP contribution is -2.35. The molecule has 2 aromatic carbocycles. The van der Waals surface area contributed by atoms with Gasteiger partial charge < -0.3 is 14.6 Å². The number of halogens is 1. The van der Waals surface area contributed by atoms with E-state index in [1.165, 1.54) is 6.08 Å². The van der Waals surface area contributed by atoms with Gasteiger partial charge in [0.2, 0.25) is 0 Å². The molecule has 7 heteroatoms. The number of phenols is 1. The number of allylic oxidation sites excluding steroid dienone is 1. The lowest BCUT2D eigenvalue weighted by atomic mass is 9.98. The van der Waals surface area contributed by atoms with Gasteiger partial charge in [-0.15, -0.1) is 0 Å². The minimum atomic E-state index is -0.439. The van der Waals surface area contributed by atoms with Crippen LogP contribution in [0.5, 0.6) is 11.5 Å². The highest BCUT2D eigenvalue weighted by Gasteiger charge is 2.23. The summed E-state index contributed by atoms with van der Waals surface area (Å²) in [5.74, 6) is -0.546. The summed E-state index contributed by atoms with van der Waals surface area (Å²) >= 11 is 3.37. The number of morpholine rings is 1. The molecule has 2 aromatic rings. The summed E-state index contributed by atoms with van der Waals surface area (Å²) < 4.78 is 11.3. The van der Waals surface area contributed by atoms with Crippen LogP contribution in [0.2, 0.25) is 0 Å². The molecule has 152 valence electrons. The standard InChI is InChI=1S/C22H22BrNO5/c1-15-12-20(29-14-25)21(19(26)7-4-16-2-5-17(23)6-3-16)22(27)18(15)13-24-8-10-28-11-9-24/h2-7,12,14,27H,8-11,13H2,1H3/b7-4+. The summed E-state index contributed by atoms with van der Waals surface area (Å²) in [4.78, 5) is 25.9. The first kappa shape index (κ1) is 21.2. The quantitative estimate of drug-likeness (QED) is 0.386. The molecule has 1 heterocycles. The van der Waals surface area contributed by atoms with E-state index in [0.29, 0.717) is 25.3 Å². The predicted octanol–water partition coefficient (Wildman–Crippen LogP) is 3.73. The molecule has 1 aliphatic heterocycles. The monoisotopic (exact) mass is 459 g/mol. The van der Waals surface area contributed by atoms with Gasteiger partial charge in [-0.25, -0.2) is 0 Å². The lowest BCUT2D eigenvalue weighted by molar-refractivity contribution is -0.120. The number of hydrogen-bond donors (Lipinski definition) is 1. The maximum Gasteiger partial charge on any atom is 0.298 e. The molecule has 0 amide bonds. The average Bonchev–Trinajstić information content (AvgIpc) is 2.71. The summed E-state index contributed by atoms with van der Waals surface area (Å²) in [6.07, 6.45) is 3.02. The third-order valence-electron chi connectivity index (χ3n) is 4.80. The van der Waals surface area contributed by atoms with Crippen molar-refractivity contribution < 1.29 is 24.2 Å². The highest BCUT2D eigenvalue weighted by molar-refractivity contribution is 9.10. The van der Waals surface area contributed by atoms with Crippen molar-refractivity contribution >= 4 is 34.3 Å². The van der Waals surface area contributed by atoms with Gasteiger partial charge in [0.1, 0.15) is 17.1 Å². The van der Waals surface area contributed by atoms with Crippen molar-refractivity contribution in [3.63, 3.8) is 0 Å². The van der Waals surface area contributed by atoms with Gasteiger partial charge in [-0.3, -0.25) is 14.5 Å². The minimum Gasteiger partial charge on any atom is -0.507 e. The molecule has 0 spiro atoms. The first-order chi connectivity index (χ1) is 14.0. The number of nitrogens with zero attached hydrogens (tertiary/aromatic N) is 1. The van der Waals surface area contributed by atoms with Gasteiger partial charge in [-0.2, -0.15) is 0 Å². The second kappa shape index (κ2) is 9.82. The van der Waals surface area contributed by atoms with Crippen LogP contribution in [-0.2, 0) is 16.1 Å². The van der Waals surface area contributed by atoms with Crippen molar-refractivity contribution in [1.82, 2.24) is 4.90 Å². The molecule has 0 atom stereocenters. The number of hydrogen-bond acceptors (Lipinski definition) is 6. The summed E-state index contributed by atoms with van der Waals surface area (Å²) in [5, 5.41) is 10.9. The van der Waals surface area contributed by atoms with Gasteiger partial charge in [0, 0.05) is 29.7 Å². The fraction of sp³-hybridized carbons (Fsp3) is 0.273. The van der Waals surface area contributed by atoms with Crippen molar-refractivity contribution in [2.45, 2.75) is 13.5 Å². The van der Waals surface area contributed by atoms with Crippen molar-refractivity contribution in [1.29, 1.82) is 0 Å². The molecule has 6 nitrogen and oxygen atoms in total. The molecule has 1 N–H and O–H groups in total. The Labute approximate surface area is 177 Å². The first-order valence-electron chi connectivity index (χ1n) is 9.23. The largest absolute Gasteiger partial charge is 0.507 e. The summed E-state index contributed by atoms with van der Waals surface area (Å²) in [7, 11) is 0. The van der Waals surface area contributed by atoms with Gasteiger partial charge in [-0.05, 0) is 42.3 Å². The number of ether oxygens (including phenoxy) is 2. The van der Waals surface area contributed by atoms with Crippen LogP contribution in [0.15, 0.2) is 40.9 Å². The number of benzene rings is 2. The van der Waals surface area contributed by atoms with Crippen LogP contribution in [-0.4, -0.2) is 48.6 Å². The molecule has 0 aliphatic carbocycles. The Morgan fingerprint density at radius 1 is 1.28 bits per heavy atom. The molecular weight excluding hydrogens is 438 g/mol. The molecule has 1 fully saturated rings.